The van der Waals surface area contributed by atoms with Gasteiger partial charge in [0, 0.05) is 25.6 Å². The monoisotopic (exact) mass is 319 g/mol. The van der Waals surface area contributed by atoms with Crippen molar-refractivity contribution in [2.24, 2.45) is 5.92 Å². The second kappa shape index (κ2) is 5.80. The van der Waals surface area contributed by atoms with E-state index in [1.54, 1.807) is 4.90 Å². The summed E-state index contributed by atoms with van der Waals surface area (Å²) in [6, 6.07) is -0.479. The summed E-state index contributed by atoms with van der Waals surface area (Å²) in [5.41, 5.74) is 0. The van der Waals surface area contributed by atoms with E-state index in [9.17, 15) is 14.4 Å². The summed E-state index contributed by atoms with van der Waals surface area (Å²) in [6.45, 7) is 1.91. The Morgan fingerprint density at radius 1 is 0.913 bits per heavy atom. The van der Waals surface area contributed by atoms with Crippen LogP contribution in [0.4, 0.5) is 4.79 Å². The van der Waals surface area contributed by atoms with Gasteiger partial charge in [-0.2, -0.15) is 0 Å². The molecule has 4 amide bonds. The van der Waals surface area contributed by atoms with Gasteiger partial charge in [-0.15, -0.1) is 0 Å². The van der Waals surface area contributed by atoms with Crippen LogP contribution in [0.2, 0.25) is 0 Å². The van der Waals surface area contributed by atoms with Crippen LogP contribution < -0.4 is 0 Å². The molecule has 0 aromatic rings. The summed E-state index contributed by atoms with van der Waals surface area (Å²) in [4.78, 5) is 42.7. The van der Waals surface area contributed by atoms with Gasteiger partial charge in [-0.25, -0.2) is 4.79 Å². The number of nitrogens with zero attached hydrogens (tertiary/aromatic N) is 3. The van der Waals surface area contributed by atoms with E-state index in [2.05, 4.69) is 0 Å². The van der Waals surface area contributed by atoms with E-state index in [4.69, 9.17) is 0 Å². The van der Waals surface area contributed by atoms with Gasteiger partial charge >= 0.3 is 6.03 Å². The molecule has 6 nitrogen and oxygen atoms in total. The Kier molecular flexibility index (Phi) is 3.77. The fraction of sp³-hybridized carbons (Fsp3) is 0.824. The van der Waals surface area contributed by atoms with Gasteiger partial charge in [-0.05, 0) is 32.1 Å². The topological polar surface area (TPSA) is 60.9 Å². The molecule has 2 atom stereocenters. The molecule has 4 rings (SSSR count). The minimum Gasteiger partial charge on any atom is -0.340 e. The maximum absolute atomic E-state index is 12.6. The average Bonchev–Trinajstić information content (AvgIpc) is 3.28. The molecule has 3 aliphatic heterocycles. The van der Waals surface area contributed by atoms with Crippen LogP contribution in [0, 0.1) is 5.92 Å². The van der Waals surface area contributed by atoms with Gasteiger partial charge in [0.05, 0.1) is 6.04 Å². The first-order chi connectivity index (χ1) is 11.2. The largest absolute Gasteiger partial charge is 0.340 e. The number of rotatable bonds is 2. The van der Waals surface area contributed by atoms with Crippen molar-refractivity contribution in [2.45, 2.75) is 63.5 Å². The molecule has 4 fully saturated rings. The van der Waals surface area contributed by atoms with Gasteiger partial charge in [-0.1, -0.05) is 19.3 Å². The van der Waals surface area contributed by atoms with E-state index in [1.165, 1.54) is 11.3 Å². The predicted molar refractivity (Wildman–Crippen MR) is 83.5 cm³/mol. The SMILES string of the molecule is O=C(C1CCCCC1)N1CCC(N2C(=O)C3CCCN3C2=O)C1. The van der Waals surface area contributed by atoms with Gasteiger partial charge in [0.15, 0.2) is 0 Å². The molecule has 3 heterocycles. The van der Waals surface area contributed by atoms with Crippen LogP contribution in [0.5, 0.6) is 0 Å². The van der Waals surface area contributed by atoms with Crippen molar-refractivity contribution in [1.82, 2.24) is 14.7 Å². The summed E-state index contributed by atoms with van der Waals surface area (Å²) in [5, 5.41) is 0. The Morgan fingerprint density at radius 3 is 2.43 bits per heavy atom. The lowest BCUT2D eigenvalue weighted by molar-refractivity contribution is -0.136. The lowest BCUT2D eigenvalue weighted by Crippen LogP contribution is -2.44. The van der Waals surface area contributed by atoms with Crippen molar-refractivity contribution in [3.8, 4) is 0 Å². The Hall–Kier alpha value is -1.59. The Morgan fingerprint density at radius 2 is 1.70 bits per heavy atom. The third-order valence-corrected chi connectivity index (χ3v) is 6.02. The van der Waals surface area contributed by atoms with E-state index >= 15 is 0 Å². The summed E-state index contributed by atoms with van der Waals surface area (Å²) >= 11 is 0. The summed E-state index contributed by atoms with van der Waals surface area (Å²) in [5.74, 6) is 0.367. The first-order valence-corrected chi connectivity index (χ1v) is 9.09. The van der Waals surface area contributed by atoms with Crippen LogP contribution in [0.15, 0.2) is 0 Å². The number of hydrogen-bond donors (Lipinski definition) is 0. The second-order valence-corrected chi connectivity index (χ2v) is 7.40. The van der Waals surface area contributed by atoms with Crippen LogP contribution >= 0.6 is 0 Å². The van der Waals surface area contributed by atoms with E-state index < -0.39 is 0 Å². The number of urea groups is 1. The first kappa shape index (κ1) is 15.0. The predicted octanol–water partition coefficient (Wildman–Crippen LogP) is 1.59. The summed E-state index contributed by atoms with van der Waals surface area (Å²) in [7, 11) is 0. The fourth-order valence-corrected chi connectivity index (χ4v) is 4.74. The lowest BCUT2D eigenvalue weighted by atomic mass is 9.88. The maximum Gasteiger partial charge on any atom is 0.327 e. The first-order valence-electron chi connectivity index (χ1n) is 9.09. The molecule has 2 unspecified atom stereocenters. The standard InChI is InChI=1S/C17H25N3O3/c21-15(12-5-2-1-3-6-12)18-10-8-13(11-18)20-16(22)14-7-4-9-19(14)17(20)23/h12-14H,1-11H2. The molecule has 4 aliphatic rings. The maximum atomic E-state index is 12.6. The van der Waals surface area contributed by atoms with Crippen LogP contribution in [0.3, 0.4) is 0 Å². The molecule has 0 aromatic carbocycles. The zero-order chi connectivity index (χ0) is 16.0. The molecule has 0 aromatic heterocycles. The van der Waals surface area contributed by atoms with Crippen LogP contribution in [0.25, 0.3) is 0 Å². The van der Waals surface area contributed by atoms with E-state index in [0.29, 0.717) is 19.6 Å². The highest BCUT2D eigenvalue weighted by Gasteiger charge is 2.51. The van der Waals surface area contributed by atoms with Gasteiger partial charge < -0.3 is 9.80 Å². The minimum absolute atomic E-state index is 0.0375. The van der Waals surface area contributed by atoms with Crippen LogP contribution in [-0.2, 0) is 9.59 Å². The van der Waals surface area contributed by atoms with Crippen molar-refractivity contribution in [3.05, 3.63) is 0 Å². The molecule has 3 saturated heterocycles. The molecule has 0 N–H and O–H groups in total. The van der Waals surface area contributed by atoms with Crippen molar-refractivity contribution < 1.29 is 14.4 Å². The van der Waals surface area contributed by atoms with Gasteiger partial charge in [-0.3, -0.25) is 14.5 Å². The summed E-state index contributed by atoms with van der Waals surface area (Å²) < 4.78 is 0. The van der Waals surface area contributed by atoms with Gasteiger partial charge in [0.2, 0.25) is 5.91 Å². The molecule has 126 valence electrons. The molecule has 23 heavy (non-hydrogen) atoms. The van der Waals surface area contributed by atoms with Crippen LogP contribution in [-0.4, -0.2) is 64.3 Å². The molecule has 1 saturated carbocycles. The second-order valence-electron chi connectivity index (χ2n) is 7.40. The molecule has 6 heteroatoms. The third-order valence-electron chi connectivity index (χ3n) is 6.02. The number of carbonyl (C=O) groups is 3. The molecule has 0 bridgehead atoms. The number of fused-ring (bicyclic) bond motifs is 1. The van der Waals surface area contributed by atoms with Crippen molar-refractivity contribution >= 4 is 17.8 Å². The molecule has 0 radical (unpaired) electrons. The number of imide groups is 1. The third kappa shape index (κ3) is 2.42. The zero-order valence-electron chi connectivity index (χ0n) is 13.6. The Labute approximate surface area is 136 Å². The Bertz CT molecular complexity index is 507. The molecule has 0 spiro atoms. The number of hydrogen-bond acceptors (Lipinski definition) is 3. The molecular weight excluding hydrogens is 294 g/mol. The quantitative estimate of drug-likeness (QED) is 0.726. The fourth-order valence-electron chi connectivity index (χ4n) is 4.74. The number of amides is 4. The molecular formula is C17H25N3O3. The highest BCUT2D eigenvalue weighted by Crippen LogP contribution is 2.32. The highest BCUT2D eigenvalue weighted by atomic mass is 16.2. The van der Waals surface area contributed by atoms with Gasteiger partial charge in [0.25, 0.3) is 5.91 Å². The minimum atomic E-state index is -0.231. The van der Waals surface area contributed by atoms with Crippen LogP contribution in [0.1, 0.15) is 51.4 Å². The normalized spacial score (nSPS) is 32.1. The van der Waals surface area contributed by atoms with Crippen molar-refractivity contribution in [1.29, 1.82) is 0 Å². The zero-order valence-corrected chi connectivity index (χ0v) is 13.6. The van der Waals surface area contributed by atoms with Crippen molar-refractivity contribution in [2.75, 3.05) is 19.6 Å². The lowest BCUT2D eigenvalue weighted by Gasteiger charge is -2.27. The Balaban J connectivity index is 1.41. The van der Waals surface area contributed by atoms with E-state index in [0.717, 1.165) is 44.9 Å². The van der Waals surface area contributed by atoms with E-state index in [1.807, 2.05) is 4.90 Å². The van der Waals surface area contributed by atoms with Gasteiger partial charge in [0.1, 0.15) is 6.04 Å². The smallest absolute Gasteiger partial charge is 0.327 e. The summed E-state index contributed by atoms with van der Waals surface area (Å²) in [6.07, 6.45) is 7.97. The number of likely N-dealkylation sites (tertiary alicyclic amines) is 1. The van der Waals surface area contributed by atoms with E-state index in [-0.39, 0.29) is 35.8 Å². The highest BCUT2D eigenvalue weighted by molar-refractivity contribution is 6.05. The van der Waals surface area contributed by atoms with Crippen molar-refractivity contribution in [3.63, 3.8) is 0 Å². The number of carbonyl (C=O) groups excluding carboxylic acids is 3. The molecule has 1 aliphatic carbocycles. The average molecular weight is 319 g/mol.